The third kappa shape index (κ3) is 3.81. The third-order valence-corrected chi connectivity index (χ3v) is 4.37. The number of hydrogen-bond donors (Lipinski definition) is 3. The summed E-state index contributed by atoms with van der Waals surface area (Å²) < 4.78 is 0. The molecule has 0 saturated heterocycles. The highest BCUT2D eigenvalue weighted by molar-refractivity contribution is 5.76. The largest absolute Gasteiger partial charge is 0.388 e. The van der Waals surface area contributed by atoms with E-state index in [-0.39, 0.29) is 12.3 Å². The van der Waals surface area contributed by atoms with E-state index in [1.54, 1.807) is 0 Å². The summed E-state index contributed by atoms with van der Waals surface area (Å²) in [6.07, 6.45) is 4.11. The minimum atomic E-state index is -0.420. The van der Waals surface area contributed by atoms with E-state index in [9.17, 15) is 9.90 Å². The summed E-state index contributed by atoms with van der Waals surface area (Å²) >= 11 is 0. The fourth-order valence-electron chi connectivity index (χ4n) is 3.05. The third-order valence-electron chi connectivity index (χ3n) is 4.37. The molecule has 4 nitrogen and oxygen atoms in total. The van der Waals surface area contributed by atoms with Crippen molar-refractivity contribution in [2.24, 2.45) is 23.3 Å². The molecule has 1 aromatic rings. The molecule has 1 unspecified atom stereocenters. The predicted molar refractivity (Wildman–Crippen MR) is 78.8 cm³/mol. The molecular formula is C16H24N2O2. The molecule has 1 fully saturated rings. The Morgan fingerprint density at radius 1 is 1.20 bits per heavy atom. The number of carbonyl (C=O) groups is 1. The van der Waals surface area contributed by atoms with Gasteiger partial charge >= 0.3 is 0 Å². The normalized spacial score (nSPS) is 24.3. The second-order valence-electron chi connectivity index (χ2n) is 5.85. The highest BCUT2D eigenvalue weighted by Gasteiger charge is 2.26. The van der Waals surface area contributed by atoms with Gasteiger partial charge < -0.3 is 16.6 Å². The summed E-state index contributed by atoms with van der Waals surface area (Å²) in [7, 11) is 0. The summed E-state index contributed by atoms with van der Waals surface area (Å²) in [6.45, 7) is 0.755. The number of amides is 1. The van der Waals surface area contributed by atoms with E-state index < -0.39 is 6.10 Å². The molecule has 1 atom stereocenters. The standard InChI is InChI=1S/C16H24N2O2/c17-10-12-3-7-14(8-4-12)16(20)13-5-1-11(2-6-13)9-15(18)19/h1-2,5-6,12,14,16,20H,3-4,7-10,17H2,(H2,18,19). The van der Waals surface area contributed by atoms with Crippen molar-refractivity contribution in [1.29, 1.82) is 0 Å². The van der Waals surface area contributed by atoms with E-state index in [4.69, 9.17) is 11.5 Å². The van der Waals surface area contributed by atoms with E-state index >= 15 is 0 Å². The zero-order chi connectivity index (χ0) is 14.5. The van der Waals surface area contributed by atoms with Crippen LogP contribution in [0.15, 0.2) is 24.3 Å². The zero-order valence-electron chi connectivity index (χ0n) is 11.8. The Morgan fingerprint density at radius 2 is 1.80 bits per heavy atom. The molecule has 2 rings (SSSR count). The van der Waals surface area contributed by atoms with Crippen LogP contribution in [0.1, 0.15) is 42.9 Å². The first kappa shape index (κ1) is 15.0. The molecule has 110 valence electrons. The minimum Gasteiger partial charge on any atom is -0.388 e. The van der Waals surface area contributed by atoms with Crippen LogP contribution < -0.4 is 11.5 Å². The first-order valence-electron chi connectivity index (χ1n) is 7.35. The smallest absolute Gasteiger partial charge is 0.221 e. The average Bonchev–Trinajstić information content (AvgIpc) is 2.47. The Kier molecular flexibility index (Phi) is 5.15. The molecule has 1 saturated carbocycles. The van der Waals surface area contributed by atoms with Gasteiger partial charge in [0.25, 0.3) is 0 Å². The second-order valence-corrected chi connectivity index (χ2v) is 5.85. The van der Waals surface area contributed by atoms with Crippen molar-refractivity contribution in [2.45, 2.75) is 38.2 Å². The predicted octanol–water partition coefficient (Wildman–Crippen LogP) is 1.51. The van der Waals surface area contributed by atoms with E-state index in [2.05, 4.69) is 0 Å². The number of benzene rings is 1. The van der Waals surface area contributed by atoms with Crippen molar-refractivity contribution >= 4 is 5.91 Å². The lowest BCUT2D eigenvalue weighted by Gasteiger charge is -2.31. The Hall–Kier alpha value is -1.39. The second kappa shape index (κ2) is 6.86. The van der Waals surface area contributed by atoms with Crippen LogP contribution in [0.3, 0.4) is 0 Å². The summed E-state index contributed by atoms with van der Waals surface area (Å²) in [5.41, 5.74) is 12.7. The van der Waals surface area contributed by atoms with Gasteiger partial charge in [0.05, 0.1) is 12.5 Å². The van der Waals surface area contributed by atoms with Crippen molar-refractivity contribution in [3.05, 3.63) is 35.4 Å². The highest BCUT2D eigenvalue weighted by atomic mass is 16.3. The first-order valence-corrected chi connectivity index (χ1v) is 7.35. The molecule has 20 heavy (non-hydrogen) atoms. The van der Waals surface area contributed by atoms with Gasteiger partial charge in [0.2, 0.25) is 5.91 Å². The summed E-state index contributed by atoms with van der Waals surface area (Å²) in [5, 5.41) is 10.5. The van der Waals surface area contributed by atoms with Crippen LogP contribution in [0.4, 0.5) is 0 Å². The Bertz CT molecular complexity index is 436. The van der Waals surface area contributed by atoms with Crippen LogP contribution in [0, 0.1) is 11.8 Å². The summed E-state index contributed by atoms with van der Waals surface area (Å²) in [5.74, 6) is 0.606. The molecule has 0 heterocycles. The van der Waals surface area contributed by atoms with E-state index in [1.165, 1.54) is 0 Å². The van der Waals surface area contributed by atoms with E-state index in [0.717, 1.165) is 43.4 Å². The lowest BCUT2D eigenvalue weighted by molar-refractivity contribution is -0.117. The summed E-state index contributed by atoms with van der Waals surface area (Å²) in [4.78, 5) is 10.9. The topological polar surface area (TPSA) is 89.3 Å². The van der Waals surface area contributed by atoms with Crippen LogP contribution in [0.5, 0.6) is 0 Å². The van der Waals surface area contributed by atoms with Crippen LogP contribution in [-0.4, -0.2) is 17.6 Å². The number of primary amides is 1. The number of hydrogen-bond acceptors (Lipinski definition) is 3. The molecule has 1 aromatic carbocycles. The first-order chi connectivity index (χ1) is 9.60. The zero-order valence-corrected chi connectivity index (χ0v) is 11.8. The van der Waals surface area contributed by atoms with Crippen molar-refractivity contribution in [1.82, 2.24) is 0 Å². The lowest BCUT2D eigenvalue weighted by atomic mass is 9.78. The van der Waals surface area contributed by atoms with Gasteiger partial charge in [-0.05, 0) is 55.2 Å². The van der Waals surface area contributed by atoms with E-state index in [1.807, 2.05) is 24.3 Å². The van der Waals surface area contributed by atoms with Gasteiger partial charge in [0.1, 0.15) is 0 Å². The maximum atomic E-state index is 10.9. The van der Waals surface area contributed by atoms with Crippen LogP contribution in [0.2, 0.25) is 0 Å². The molecule has 0 aromatic heterocycles. The molecule has 0 radical (unpaired) electrons. The Balaban J connectivity index is 1.95. The number of aliphatic hydroxyl groups excluding tert-OH is 1. The minimum absolute atomic E-state index is 0.248. The number of aliphatic hydroxyl groups is 1. The van der Waals surface area contributed by atoms with Crippen LogP contribution in [-0.2, 0) is 11.2 Å². The fraction of sp³-hybridized carbons (Fsp3) is 0.562. The molecule has 5 N–H and O–H groups in total. The quantitative estimate of drug-likeness (QED) is 0.761. The van der Waals surface area contributed by atoms with Crippen molar-refractivity contribution < 1.29 is 9.90 Å². The molecule has 1 aliphatic rings. The lowest BCUT2D eigenvalue weighted by Crippen LogP contribution is -2.24. The van der Waals surface area contributed by atoms with Gasteiger partial charge in [0.15, 0.2) is 0 Å². The van der Waals surface area contributed by atoms with Crippen LogP contribution >= 0.6 is 0 Å². The molecule has 4 heteroatoms. The molecule has 0 bridgehead atoms. The SMILES string of the molecule is NCC1CCC(C(O)c2ccc(CC(N)=O)cc2)CC1. The van der Waals surface area contributed by atoms with Crippen molar-refractivity contribution in [2.75, 3.05) is 6.54 Å². The molecule has 1 amide bonds. The van der Waals surface area contributed by atoms with Crippen LogP contribution in [0.25, 0.3) is 0 Å². The van der Waals surface area contributed by atoms with Gasteiger partial charge in [-0.3, -0.25) is 4.79 Å². The Morgan fingerprint density at radius 3 is 2.30 bits per heavy atom. The number of nitrogens with two attached hydrogens (primary N) is 2. The number of carbonyl (C=O) groups excluding carboxylic acids is 1. The number of rotatable bonds is 5. The monoisotopic (exact) mass is 276 g/mol. The van der Waals surface area contributed by atoms with Crippen molar-refractivity contribution in [3.63, 3.8) is 0 Å². The van der Waals surface area contributed by atoms with Gasteiger partial charge in [0, 0.05) is 0 Å². The van der Waals surface area contributed by atoms with Gasteiger partial charge in [-0.15, -0.1) is 0 Å². The van der Waals surface area contributed by atoms with Gasteiger partial charge in [-0.2, -0.15) is 0 Å². The van der Waals surface area contributed by atoms with Crippen molar-refractivity contribution in [3.8, 4) is 0 Å². The molecule has 0 spiro atoms. The Labute approximate surface area is 120 Å². The maximum Gasteiger partial charge on any atom is 0.221 e. The summed E-state index contributed by atoms with van der Waals surface area (Å²) in [6, 6.07) is 7.54. The molecular weight excluding hydrogens is 252 g/mol. The highest BCUT2D eigenvalue weighted by Crippen LogP contribution is 2.36. The molecule has 0 aliphatic heterocycles. The van der Waals surface area contributed by atoms with E-state index in [0.29, 0.717) is 11.8 Å². The van der Waals surface area contributed by atoms with Gasteiger partial charge in [-0.25, -0.2) is 0 Å². The van der Waals surface area contributed by atoms with Gasteiger partial charge in [-0.1, -0.05) is 24.3 Å². The molecule has 1 aliphatic carbocycles. The fourth-order valence-corrected chi connectivity index (χ4v) is 3.05. The maximum absolute atomic E-state index is 10.9. The average molecular weight is 276 g/mol.